The lowest BCUT2D eigenvalue weighted by Crippen LogP contribution is -2.11. The zero-order valence-corrected chi connectivity index (χ0v) is 69.5. The molecule has 2 heterocycles. The number of thioether (sulfide) groups is 4. The van der Waals surface area contributed by atoms with Crippen molar-refractivity contribution in [2.75, 3.05) is 66.1 Å². The van der Waals surface area contributed by atoms with Crippen LogP contribution in [-0.2, 0) is 57.2 Å². The van der Waals surface area contributed by atoms with Crippen LogP contribution < -0.4 is 37.9 Å². The molecule has 0 saturated carbocycles. The van der Waals surface area contributed by atoms with Gasteiger partial charge < -0.3 is 66.3 Å². The van der Waals surface area contributed by atoms with Crippen LogP contribution in [0.5, 0.6) is 46.0 Å². The number of benzene rings is 6. The molecule has 0 N–H and O–H groups in total. The van der Waals surface area contributed by atoms with Gasteiger partial charge in [-0.1, -0.05) is 73.4 Å². The van der Waals surface area contributed by atoms with Crippen molar-refractivity contribution in [1.82, 2.24) is 0 Å². The van der Waals surface area contributed by atoms with Gasteiger partial charge in [0.25, 0.3) is 0 Å². The molecule has 30 heteroatoms. The van der Waals surface area contributed by atoms with E-state index in [0.717, 1.165) is 148 Å². The summed E-state index contributed by atoms with van der Waals surface area (Å²) in [5.41, 5.74) is 0.0206. The molecule has 0 fully saturated rings. The molecule has 0 radical (unpaired) electrons. The van der Waals surface area contributed by atoms with Gasteiger partial charge in [0.15, 0.2) is 11.1 Å². The zero-order chi connectivity index (χ0) is 85.6. The summed E-state index contributed by atoms with van der Waals surface area (Å²) in [5, 5.41) is 21.0. The minimum Gasteiger partial charge on any atom is -0.494 e. The van der Waals surface area contributed by atoms with Crippen LogP contribution in [0.1, 0.15) is 170 Å². The van der Waals surface area contributed by atoms with Crippen molar-refractivity contribution < 1.29 is 114 Å². The second-order valence-corrected chi connectivity index (χ2v) is 30.9. The highest BCUT2D eigenvalue weighted by Crippen LogP contribution is 2.60. The van der Waals surface area contributed by atoms with Crippen LogP contribution in [0.25, 0.3) is 0 Å². The van der Waals surface area contributed by atoms with Gasteiger partial charge in [0, 0.05) is 24.3 Å². The number of nitrogens with zero attached hydrogens (tertiary/aromatic N) is 2. The van der Waals surface area contributed by atoms with E-state index in [2.05, 4.69) is 26.3 Å². The second-order valence-electron chi connectivity index (χ2n) is 26.3. The molecule has 6 aromatic carbocycles. The fraction of sp³-hybridized carbons (Fsp3) is 0.333. The highest BCUT2D eigenvalue weighted by atomic mass is 32.2. The third-order valence-corrected chi connectivity index (χ3v) is 22.7. The average Bonchev–Trinajstić information content (AvgIpc) is 1.58. The van der Waals surface area contributed by atoms with Crippen molar-refractivity contribution in [1.29, 1.82) is 10.5 Å². The first-order valence-corrected chi connectivity index (χ1v) is 42.3. The summed E-state index contributed by atoms with van der Waals surface area (Å²) in [6.45, 7) is 16.2. The normalized spacial score (nSPS) is 11.4. The molecule has 0 bridgehead atoms. The molecule has 0 saturated heterocycles. The number of esters is 10. The van der Waals surface area contributed by atoms with E-state index >= 15 is 0 Å². The number of fused-ring (bicyclic) bond motifs is 2. The van der Waals surface area contributed by atoms with E-state index in [9.17, 15) is 58.5 Å². The van der Waals surface area contributed by atoms with Gasteiger partial charge in [0.1, 0.15) is 58.1 Å². The monoisotopic (exact) mass is 1710 g/mol. The van der Waals surface area contributed by atoms with Gasteiger partial charge in [-0.15, -0.1) is 0 Å². The number of nitriles is 2. The van der Waals surface area contributed by atoms with Crippen molar-refractivity contribution in [3.63, 3.8) is 0 Å². The molecule has 0 spiro atoms. The predicted molar refractivity (Wildman–Crippen MR) is 448 cm³/mol. The van der Waals surface area contributed by atoms with Gasteiger partial charge in [-0.3, -0.25) is 0 Å². The van der Waals surface area contributed by atoms with E-state index < -0.39 is 59.7 Å². The van der Waals surface area contributed by atoms with Crippen LogP contribution >= 0.6 is 47.0 Å². The Labute approximate surface area is 713 Å². The Hall–Kier alpha value is -12.0. The van der Waals surface area contributed by atoms with E-state index in [4.69, 9.17) is 66.3 Å². The summed E-state index contributed by atoms with van der Waals surface area (Å²) < 4.78 is 78.9. The van der Waals surface area contributed by atoms with E-state index in [0.29, 0.717) is 127 Å². The lowest BCUT2D eigenvalue weighted by atomic mass is 10.2. The van der Waals surface area contributed by atoms with E-state index in [1.165, 1.54) is 24.3 Å². The summed E-state index contributed by atoms with van der Waals surface area (Å²) in [6.07, 6.45) is 18.7. The van der Waals surface area contributed by atoms with Crippen molar-refractivity contribution in [3.05, 3.63) is 214 Å². The highest BCUT2D eigenvalue weighted by molar-refractivity contribution is 8.25. The third kappa shape index (κ3) is 31.4. The minimum atomic E-state index is -0.939. The van der Waals surface area contributed by atoms with E-state index in [-0.39, 0.29) is 97.7 Å². The van der Waals surface area contributed by atoms with Gasteiger partial charge in [0.05, 0.1) is 116 Å². The van der Waals surface area contributed by atoms with Crippen molar-refractivity contribution in [2.24, 2.45) is 0 Å². The first-order chi connectivity index (χ1) is 58.4. The highest BCUT2D eigenvalue weighted by Gasteiger charge is 2.35. The van der Waals surface area contributed by atoms with Crippen LogP contribution in [0.3, 0.4) is 0 Å². The fourth-order valence-corrected chi connectivity index (χ4v) is 16.2. The number of carbonyl (C=O) groups excluding carboxylic acids is 10. The molecule has 0 unspecified atom stereocenters. The van der Waals surface area contributed by atoms with Crippen molar-refractivity contribution >= 4 is 107 Å². The zero-order valence-electron chi connectivity index (χ0n) is 66.2. The van der Waals surface area contributed by atoms with Crippen LogP contribution in [0.15, 0.2) is 211 Å². The second kappa shape index (κ2) is 52.1. The molecule has 6 aromatic rings. The maximum absolute atomic E-state index is 13.8. The molecule has 120 heavy (non-hydrogen) atoms. The number of carbonyl (C=O) groups is 10. The molecule has 8 rings (SSSR count). The lowest BCUT2D eigenvalue weighted by molar-refractivity contribution is -0.139. The Bertz CT molecular complexity index is 4190. The fourth-order valence-electron chi connectivity index (χ4n) is 11.1. The molecule has 26 nitrogen and oxygen atoms in total. The summed E-state index contributed by atoms with van der Waals surface area (Å²) >= 11 is 3.82. The first-order valence-electron chi connectivity index (χ1n) is 39.1. The molecule has 0 aliphatic carbocycles. The van der Waals surface area contributed by atoms with Gasteiger partial charge >= 0.3 is 59.7 Å². The Kier molecular flexibility index (Phi) is 40.6. The number of hydrogen-bond donors (Lipinski definition) is 0. The van der Waals surface area contributed by atoms with E-state index in [1.807, 2.05) is 12.1 Å². The van der Waals surface area contributed by atoms with Crippen LogP contribution in [0.2, 0.25) is 0 Å². The average molecular weight is 1710 g/mol. The molecular formula is C90H92N2O24S4. The minimum absolute atomic E-state index is 0.0476. The van der Waals surface area contributed by atoms with Gasteiger partial charge in [-0.25, -0.2) is 47.9 Å². The van der Waals surface area contributed by atoms with Crippen molar-refractivity contribution in [2.45, 2.75) is 148 Å². The molecule has 0 aromatic heterocycles. The standard InChI is InChI=1S/C90H92N2O24S4/c1-5-75(93)107-53-23-13-9-19-49-103-65-37-29-61(30-38-65)83(97)113-71-45-46-72(114-84(98)62-31-39-66(40-32-62)104-50-20-10-14-24-54-108-76(94)6-2)80-79(71)117-89(118-80)69(59-91)87(101)111-57-27-17-18-28-58-112-88(102)70(60-92)90-119-81-73(115-85(99)63-33-41-67(42-34-63)105-51-21-11-15-25-55-109-77(95)7-3)47-48-74(82(81)120-90)116-86(100)64-35-43-68(44-36-64)106-52-22-12-16-26-56-110-78(96)8-4/h5-8,29-48H,1-4,9-28,49-58H2. The first kappa shape index (κ1) is 93.5. The molecular weight excluding hydrogens is 1620 g/mol. The van der Waals surface area contributed by atoms with Crippen LogP contribution in [0.4, 0.5) is 0 Å². The summed E-state index contributed by atoms with van der Waals surface area (Å²) in [4.78, 5) is 129. The molecule has 0 amide bonds. The maximum Gasteiger partial charge on any atom is 0.350 e. The summed E-state index contributed by atoms with van der Waals surface area (Å²) in [5.74, 6) is -4.39. The topological polar surface area (TPSA) is 348 Å². The maximum atomic E-state index is 13.8. The largest absolute Gasteiger partial charge is 0.494 e. The third-order valence-electron chi connectivity index (χ3n) is 17.4. The summed E-state index contributed by atoms with van der Waals surface area (Å²) in [7, 11) is 0. The predicted octanol–water partition coefficient (Wildman–Crippen LogP) is 18.4. The Morgan fingerprint density at radius 2 is 0.458 bits per heavy atom. The van der Waals surface area contributed by atoms with Crippen molar-refractivity contribution in [3.8, 4) is 58.1 Å². The Morgan fingerprint density at radius 3 is 0.650 bits per heavy atom. The Morgan fingerprint density at radius 1 is 0.267 bits per heavy atom. The number of hydrogen-bond acceptors (Lipinski definition) is 30. The van der Waals surface area contributed by atoms with Gasteiger partial charge in [0.2, 0.25) is 0 Å². The van der Waals surface area contributed by atoms with Crippen LogP contribution in [0, 0.1) is 22.7 Å². The number of unbranched alkanes of at least 4 members (excludes halogenated alkanes) is 15. The number of rotatable bonds is 53. The molecule has 2 aliphatic rings. The summed E-state index contributed by atoms with van der Waals surface area (Å²) in [6, 6.07) is 35.1. The Balaban J connectivity index is 0.858. The smallest absolute Gasteiger partial charge is 0.350 e. The van der Waals surface area contributed by atoms with Gasteiger partial charge in [-0.05, 0) is 250 Å². The van der Waals surface area contributed by atoms with Gasteiger partial charge in [-0.2, -0.15) is 10.5 Å². The van der Waals surface area contributed by atoms with E-state index in [1.54, 1.807) is 97.1 Å². The quantitative estimate of drug-likeness (QED) is 0.00854. The number of ether oxygens (including phenoxy) is 14. The molecule has 630 valence electrons. The lowest BCUT2D eigenvalue weighted by Gasteiger charge is -2.12. The SMILES string of the molecule is C=CC(=O)OCCCCCCOc1ccc(C(=O)Oc2ccc(OC(=O)c3ccc(OCCCCCCOC(=O)C=C)cc3)c3c2SC(=C(C#N)C(=O)OCCCCCCOC(=O)C(C#N)=C2Sc4c(OC(=O)c5ccc(OCCCCCCOC(=O)C=C)cc5)ccc(OC(=O)c5ccc(OCCCCCCOC(=O)C=C)cc5)c4S2)S3)cc1. The molecule has 2 aliphatic heterocycles. The molecule has 0 atom stereocenters. The van der Waals surface area contributed by atoms with Crippen LogP contribution in [-0.4, -0.2) is 126 Å².